The third-order valence-electron chi connectivity index (χ3n) is 8.51. The maximum atomic E-state index is 12.5. The zero-order valence-corrected chi connectivity index (χ0v) is 29.9. The molecule has 1 amide bonds. The van der Waals surface area contributed by atoms with Crippen molar-refractivity contribution in [3.8, 4) is 0 Å². The lowest BCUT2D eigenvalue weighted by molar-refractivity contribution is -0.122. The molecule has 0 aliphatic rings. The van der Waals surface area contributed by atoms with Crippen molar-refractivity contribution in [2.24, 2.45) is 5.50 Å². The van der Waals surface area contributed by atoms with Crippen molar-refractivity contribution in [1.82, 2.24) is 5.32 Å². The van der Waals surface area contributed by atoms with E-state index in [0.29, 0.717) is 6.42 Å². The van der Waals surface area contributed by atoms with Crippen LogP contribution in [0.5, 0.6) is 0 Å². The van der Waals surface area contributed by atoms with Crippen LogP contribution in [0.25, 0.3) is 0 Å². The average molecular weight is 645 g/mol. The molecule has 0 aromatic carbocycles. The molecule has 44 heavy (non-hydrogen) atoms. The van der Waals surface area contributed by atoms with Crippen LogP contribution >= 0.6 is 7.75 Å². The van der Waals surface area contributed by atoms with Gasteiger partial charge in [-0.2, -0.15) is 0 Å². The molecule has 0 aliphatic heterocycles. The highest BCUT2D eigenvalue weighted by Crippen LogP contribution is 2.31. The maximum Gasteiger partial charge on any atom is 0.400 e. The smallest absolute Gasteiger partial charge is 0.387 e. The van der Waals surface area contributed by atoms with E-state index in [2.05, 4.69) is 19.2 Å². The van der Waals surface area contributed by atoms with Crippen molar-refractivity contribution >= 4 is 13.7 Å². The number of hydrogen-bond donors (Lipinski definition) is 4. The minimum atomic E-state index is -4.20. The standard InChI is InChI=1S/C36H73N2O5P/c1-3-5-7-9-11-13-15-17-18-19-20-21-23-25-27-29-31-35(39)34(33-43-44(37,41)42)38-36(40)32-30-28-26-24-22-16-14-12-10-8-6-4-2/h29,31,34-35,39H,3-28,30,32-33H2,1-2H3,(H,38,40)(H3,37,41,42)/b31-29+. The number of nitrogens with one attached hydrogen (secondary N) is 1. The number of unbranched alkanes of at least 4 members (excludes halogenated alkanes) is 25. The Labute approximate surface area is 272 Å². The Morgan fingerprint density at radius 3 is 1.43 bits per heavy atom. The van der Waals surface area contributed by atoms with Crippen LogP contribution < -0.4 is 10.8 Å². The van der Waals surface area contributed by atoms with Gasteiger partial charge in [0.25, 0.3) is 0 Å². The molecule has 8 heteroatoms. The Morgan fingerprint density at radius 1 is 0.682 bits per heavy atom. The van der Waals surface area contributed by atoms with E-state index in [9.17, 15) is 19.4 Å². The minimum absolute atomic E-state index is 0.185. The molecule has 0 fully saturated rings. The molecule has 3 atom stereocenters. The summed E-state index contributed by atoms with van der Waals surface area (Å²) < 4.78 is 16.3. The number of carbonyl (C=O) groups excluding carboxylic acids is 1. The van der Waals surface area contributed by atoms with Gasteiger partial charge in [-0.25, -0.2) is 10.1 Å². The third-order valence-corrected chi connectivity index (χ3v) is 9.03. The lowest BCUT2D eigenvalue weighted by atomic mass is 10.0. The normalized spacial score (nSPS) is 14.6. The summed E-state index contributed by atoms with van der Waals surface area (Å²) in [6.07, 6.45) is 37.0. The first-order valence-electron chi connectivity index (χ1n) is 18.7. The Bertz CT molecular complexity index is 700. The molecule has 0 heterocycles. The number of amides is 1. The molecule has 0 rings (SSSR count). The van der Waals surface area contributed by atoms with Crippen molar-refractivity contribution in [2.45, 2.75) is 206 Å². The van der Waals surface area contributed by atoms with Gasteiger partial charge in [-0.15, -0.1) is 0 Å². The van der Waals surface area contributed by atoms with Crippen LogP contribution in [0, 0.1) is 0 Å². The maximum absolute atomic E-state index is 12.5. The van der Waals surface area contributed by atoms with Crippen molar-refractivity contribution in [2.75, 3.05) is 6.61 Å². The molecule has 0 aliphatic carbocycles. The summed E-state index contributed by atoms with van der Waals surface area (Å²) in [7, 11) is -4.20. The molecule has 0 bridgehead atoms. The fourth-order valence-corrected chi connectivity index (χ4v) is 6.02. The quantitative estimate of drug-likeness (QED) is 0.0314. The average Bonchev–Trinajstić information content (AvgIpc) is 2.99. The van der Waals surface area contributed by atoms with Gasteiger partial charge in [-0.3, -0.25) is 9.32 Å². The highest BCUT2D eigenvalue weighted by molar-refractivity contribution is 7.50. The predicted octanol–water partition coefficient (Wildman–Crippen LogP) is 10.4. The molecule has 0 spiro atoms. The summed E-state index contributed by atoms with van der Waals surface area (Å²) in [5, 5.41) is 13.4. The van der Waals surface area contributed by atoms with Crippen LogP contribution in [0.2, 0.25) is 0 Å². The van der Waals surface area contributed by atoms with E-state index in [1.54, 1.807) is 6.08 Å². The SMILES string of the molecule is CCCCCCCCCCCCCCCC/C=C/C(O)C(COP(N)(=O)O)NC(=O)CCCCCCCCCCCCCC. The molecule has 0 aromatic heterocycles. The van der Waals surface area contributed by atoms with Crippen LogP contribution in [0.15, 0.2) is 12.2 Å². The lowest BCUT2D eigenvalue weighted by Gasteiger charge is -2.22. The highest BCUT2D eigenvalue weighted by Gasteiger charge is 2.23. The van der Waals surface area contributed by atoms with Crippen LogP contribution in [0.1, 0.15) is 194 Å². The number of rotatable bonds is 34. The molecule has 7 nitrogen and oxygen atoms in total. The Kier molecular flexibility index (Phi) is 31.7. The first kappa shape index (κ1) is 43.3. The molecule has 0 saturated carbocycles. The van der Waals surface area contributed by atoms with Gasteiger partial charge in [0.05, 0.1) is 18.8 Å². The monoisotopic (exact) mass is 645 g/mol. The zero-order valence-electron chi connectivity index (χ0n) is 29.0. The third kappa shape index (κ3) is 32.7. The van der Waals surface area contributed by atoms with Gasteiger partial charge in [0.15, 0.2) is 0 Å². The second-order valence-electron chi connectivity index (χ2n) is 13.0. The van der Waals surface area contributed by atoms with Crippen molar-refractivity contribution < 1.29 is 23.9 Å². The molecule has 5 N–H and O–H groups in total. The number of carbonyl (C=O) groups is 1. The Hall–Kier alpha value is -0.720. The second-order valence-corrected chi connectivity index (χ2v) is 14.4. The first-order valence-corrected chi connectivity index (χ1v) is 20.3. The minimum Gasteiger partial charge on any atom is -0.387 e. The number of aliphatic hydroxyl groups is 1. The molecule has 0 aromatic rings. The summed E-state index contributed by atoms with van der Waals surface area (Å²) in [5.41, 5.74) is 5.12. The summed E-state index contributed by atoms with van der Waals surface area (Å²) >= 11 is 0. The molecule has 3 unspecified atom stereocenters. The van der Waals surface area contributed by atoms with Gasteiger partial charge in [-0.1, -0.05) is 180 Å². The number of hydrogen-bond acceptors (Lipinski definition) is 4. The molecular formula is C36H73N2O5P. The predicted molar refractivity (Wildman–Crippen MR) is 188 cm³/mol. The lowest BCUT2D eigenvalue weighted by Crippen LogP contribution is -2.45. The first-order chi connectivity index (χ1) is 21.3. The number of aliphatic hydroxyl groups excluding tert-OH is 1. The van der Waals surface area contributed by atoms with Crippen LogP contribution in [0.4, 0.5) is 0 Å². The van der Waals surface area contributed by atoms with Gasteiger partial charge < -0.3 is 15.3 Å². The van der Waals surface area contributed by atoms with Crippen LogP contribution in [-0.4, -0.2) is 34.7 Å². The second kappa shape index (κ2) is 32.2. The summed E-state index contributed by atoms with van der Waals surface area (Å²) in [6, 6.07) is -0.823. The molecule has 0 radical (unpaired) electrons. The van der Waals surface area contributed by atoms with E-state index in [4.69, 9.17) is 10.0 Å². The van der Waals surface area contributed by atoms with E-state index in [1.807, 2.05) is 6.08 Å². The van der Waals surface area contributed by atoms with Crippen molar-refractivity contribution in [3.05, 3.63) is 12.2 Å². The topological polar surface area (TPSA) is 122 Å². The highest BCUT2D eigenvalue weighted by atomic mass is 31.2. The number of nitrogens with two attached hydrogens (primary N) is 1. The fraction of sp³-hybridized carbons (Fsp3) is 0.917. The van der Waals surface area contributed by atoms with Gasteiger partial charge >= 0.3 is 7.75 Å². The van der Waals surface area contributed by atoms with E-state index in [0.717, 1.165) is 32.1 Å². The summed E-state index contributed by atoms with van der Waals surface area (Å²) in [4.78, 5) is 21.9. The Balaban J connectivity index is 4.03. The molecular weight excluding hydrogens is 571 g/mol. The van der Waals surface area contributed by atoms with Crippen molar-refractivity contribution in [3.63, 3.8) is 0 Å². The zero-order chi connectivity index (χ0) is 32.6. The number of allylic oxidation sites excluding steroid dienone is 1. The Morgan fingerprint density at radius 2 is 1.05 bits per heavy atom. The van der Waals surface area contributed by atoms with Gasteiger partial charge in [0.2, 0.25) is 5.91 Å². The van der Waals surface area contributed by atoms with E-state index in [-0.39, 0.29) is 12.5 Å². The molecule has 262 valence electrons. The van der Waals surface area contributed by atoms with Crippen LogP contribution in [-0.2, 0) is 13.9 Å². The summed E-state index contributed by atoms with van der Waals surface area (Å²) in [5.74, 6) is -0.185. The van der Waals surface area contributed by atoms with Crippen molar-refractivity contribution in [1.29, 1.82) is 0 Å². The fourth-order valence-electron chi connectivity index (χ4n) is 5.64. The van der Waals surface area contributed by atoms with E-state index in [1.165, 1.54) is 141 Å². The van der Waals surface area contributed by atoms with Gasteiger partial charge in [-0.05, 0) is 19.3 Å². The largest absolute Gasteiger partial charge is 0.400 e. The summed E-state index contributed by atoms with van der Waals surface area (Å²) in [6.45, 7) is 4.19. The van der Waals surface area contributed by atoms with Gasteiger partial charge in [0.1, 0.15) is 0 Å². The molecule has 0 saturated heterocycles. The van der Waals surface area contributed by atoms with Crippen LogP contribution in [0.3, 0.4) is 0 Å². The van der Waals surface area contributed by atoms with Gasteiger partial charge in [0, 0.05) is 6.42 Å². The van der Waals surface area contributed by atoms with E-state index >= 15 is 0 Å². The van der Waals surface area contributed by atoms with E-state index < -0.39 is 19.9 Å².